The summed E-state index contributed by atoms with van der Waals surface area (Å²) in [6.45, 7) is 1.47. The molecule has 92 valence electrons. The van der Waals surface area contributed by atoms with Crippen LogP contribution in [-0.2, 0) is 6.54 Å². The van der Waals surface area contributed by atoms with Gasteiger partial charge in [-0.15, -0.1) is 0 Å². The molecule has 0 aliphatic rings. The molecule has 0 unspecified atom stereocenters. The number of rotatable bonds is 3. The van der Waals surface area contributed by atoms with E-state index in [4.69, 9.17) is 0 Å². The molecule has 1 aromatic heterocycles. The Morgan fingerprint density at radius 1 is 1.33 bits per heavy atom. The molecule has 0 fully saturated rings. The summed E-state index contributed by atoms with van der Waals surface area (Å²) in [5.74, 6) is -1.04. The number of aromatic nitrogens is 2. The van der Waals surface area contributed by atoms with E-state index in [1.807, 2.05) is 0 Å². The number of halogens is 1. The first-order valence-electron chi connectivity index (χ1n) is 5.40. The molecule has 0 N–H and O–H groups in total. The monoisotopic (exact) mass is 246 g/mol. The van der Waals surface area contributed by atoms with E-state index >= 15 is 0 Å². The smallest absolute Gasteiger partial charge is 0.292 e. The zero-order valence-corrected chi connectivity index (χ0v) is 9.76. The molecule has 0 bridgehead atoms. The van der Waals surface area contributed by atoms with Crippen LogP contribution in [0, 0.1) is 12.7 Å². The minimum absolute atomic E-state index is 0.0232. The topological polar surface area (TPSA) is 52.0 Å². The van der Waals surface area contributed by atoms with Crippen molar-refractivity contribution in [3.8, 4) is 0 Å². The highest BCUT2D eigenvalue weighted by Gasteiger charge is 2.12. The number of nitrogens with zero attached hydrogens (tertiary/aromatic N) is 2. The van der Waals surface area contributed by atoms with Crippen molar-refractivity contribution in [3.05, 3.63) is 64.1 Å². The third kappa shape index (κ3) is 2.51. The standard InChI is InChI=1S/C13H11FN2O2/c1-9-6-7-16(13(18)15-9)8-12(17)10-4-2-3-5-11(10)14/h2-7H,8H2,1H3. The Hall–Kier alpha value is -2.30. The van der Waals surface area contributed by atoms with Crippen molar-refractivity contribution in [3.63, 3.8) is 0 Å². The molecule has 0 amide bonds. The van der Waals surface area contributed by atoms with Crippen molar-refractivity contribution in [1.29, 1.82) is 0 Å². The number of benzene rings is 1. The van der Waals surface area contributed by atoms with Gasteiger partial charge in [0.05, 0.1) is 12.1 Å². The first-order valence-corrected chi connectivity index (χ1v) is 5.40. The molecule has 18 heavy (non-hydrogen) atoms. The van der Waals surface area contributed by atoms with E-state index in [1.54, 1.807) is 19.1 Å². The first kappa shape index (κ1) is 12.2. The fourth-order valence-electron chi connectivity index (χ4n) is 1.56. The van der Waals surface area contributed by atoms with Crippen LogP contribution in [0.25, 0.3) is 0 Å². The molecule has 0 aliphatic heterocycles. The van der Waals surface area contributed by atoms with Crippen LogP contribution in [0.15, 0.2) is 41.3 Å². The van der Waals surface area contributed by atoms with Crippen molar-refractivity contribution in [1.82, 2.24) is 9.55 Å². The van der Waals surface area contributed by atoms with E-state index in [0.29, 0.717) is 5.69 Å². The average molecular weight is 246 g/mol. The maximum absolute atomic E-state index is 13.4. The molecular formula is C13H11FN2O2. The van der Waals surface area contributed by atoms with Gasteiger partial charge in [0, 0.05) is 11.9 Å². The average Bonchev–Trinajstić information content (AvgIpc) is 2.33. The number of Topliss-reactive ketones (excluding diaryl/α,β-unsaturated/α-hetero) is 1. The summed E-state index contributed by atoms with van der Waals surface area (Å²) in [6, 6.07) is 7.31. The van der Waals surface area contributed by atoms with Gasteiger partial charge >= 0.3 is 5.69 Å². The van der Waals surface area contributed by atoms with E-state index in [2.05, 4.69) is 4.98 Å². The molecule has 2 rings (SSSR count). The molecule has 0 saturated carbocycles. The van der Waals surface area contributed by atoms with E-state index < -0.39 is 17.3 Å². The summed E-state index contributed by atoms with van der Waals surface area (Å²) < 4.78 is 14.5. The Morgan fingerprint density at radius 2 is 2.06 bits per heavy atom. The van der Waals surface area contributed by atoms with Gasteiger partial charge in [0.25, 0.3) is 0 Å². The molecule has 0 atom stereocenters. The molecular weight excluding hydrogens is 235 g/mol. The number of hydrogen-bond acceptors (Lipinski definition) is 3. The maximum Gasteiger partial charge on any atom is 0.348 e. The summed E-state index contributed by atoms with van der Waals surface area (Å²) in [6.07, 6.45) is 1.48. The summed E-state index contributed by atoms with van der Waals surface area (Å²) in [5.41, 5.74) is 0.0410. The zero-order valence-electron chi connectivity index (χ0n) is 9.76. The van der Waals surface area contributed by atoms with Gasteiger partial charge in [-0.1, -0.05) is 12.1 Å². The van der Waals surface area contributed by atoms with Gasteiger partial charge in [0.2, 0.25) is 0 Å². The zero-order chi connectivity index (χ0) is 13.1. The molecule has 0 saturated heterocycles. The largest absolute Gasteiger partial charge is 0.348 e. The Morgan fingerprint density at radius 3 is 2.72 bits per heavy atom. The predicted molar refractivity (Wildman–Crippen MR) is 64.0 cm³/mol. The summed E-state index contributed by atoms with van der Waals surface area (Å²) >= 11 is 0. The molecule has 0 radical (unpaired) electrons. The minimum Gasteiger partial charge on any atom is -0.292 e. The lowest BCUT2D eigenvalue weighted by molar-refractivity contribution is 0.0966. The van der Waals surface area contributed by atoms with Crippen LogP contribution in [0.3, 0.4) is 0 Å². The molecule has 0 aliphatic carbocycles. The van der Waals surface area contributed by atoms with Crippen molar-refractivity contribution < 1.29 is 9.18 Å². The second kappa shape index (κ2) is 4.91. The van der Waals surface area contributed by atoms with E-state index in [9.17, 15) is 14.0 Å². The molecule has 5 heteroatoms. The quantitative estimate of drug-likeness (QED) is 0.772. The fraction of sp³-hybridized carbons (Fsp3) is 0.154. The van der Waals surface area contributed by atoms with Crippen LogP contribution >= 0.6 is 0 Å². The lowest BCUT2D eigenvalue weighted by Crippen LogP contribution is -2.26. The highest BCUT2D eigenvalue weighted by molar-refractivity contribution is 5.96. The van der Waals surface area contributed by atoms with Crippen molar-refractivity contribution >= 4 is 5.78 Å². The maximum atomic E-state index is 13.4. The molecule has 4 nitrogen and oxygen atoms in total. The highest BCUT2D eigenvalue weighted by atomic mass is 19.1. The first-order chi connectivity index (χ1) is 8.58. The van der Waals surface area contributed by atoms with E-state index in [1.165, 1.54) is 24.4 Å². The third-order valence-corrected chi connectivity index (χ3v) is 2.50. The lowest BCUT2D eigenvalue weighted by atomic mass is 10.1. The number of ketones is 1. The normalized spacial score (nSPS) is 10.3. The van der Waals surface area contributed by atoms with Gasteiger partial charge in [-0.3, -0.25) is 9.36 Å². The van der Waals surface area contributed by atoms with Gasteiger partial charge in [-0.05, 0) is 25.1 Å². The summed E-state index contributed by atoms with van der Waals surface area (Å²) in [4.78, 5) is 27.0. The van der Waals surface area contributed by atoms with Crippen LogP contribution < -0.4 is 5.69 Å². The number of carbonyl (C=O) groups is 1. The van der Waals surface area contributed by atoms with Gasteiger partial charge in [-0.2, -0.15) is 4.98 Å². The number of aryl methyl sites for hydroxylation is 1. The molecule has 2 aromatic rings. The Labute approximate surface area is 103 Å². The number of hydrogen-bond donors (Lipinski definition) is 0. The van der Waals surface area contributed by atoms with Crippen LogP contribution in [0.5, 0.6) is 0 Å². The Kier molecular flexibility index (Phi) is 3.32. The predicted octanol–water partition coefficient (Wildman–Crippen LogP) is 1.57. The van der Waals surface area contributed by atoms with E-state index in [-0.39, 0.29) is 12.1 Å². The lowest BCUT2D eigenvalue weighted by Gasteiger charge is -2.05. The minimum atomic E-state index is -0.587. The highest BCUT2D eigenvalue weighted by Crippen LogP contribution is 2.07. The van der Waals surface area contributed by atoms with Crippen molar-refractivity contribution in [2.45, 2.75) is 13.5 Å². The summed E-state index contributed by atoms with van der Waals surface area (Å²) in [5, 5.41) is 0. The third-order valence-electron chi connectivity index (χ3n) is 2.50. The Bertz CT molecular complexity index is 649. The van der Waals surface area contributed by atoms with Crippen LogP contribution in [0.4, 0.5) is 4.39 Å². The van der Waals surface area contributed by atoms with Crippen LogP contribution in [0.2, 0.25) is 0 Å². The molecule has 0 spiro atoms. The number of carbonyl (C=O) groups excluding carboxylic acids is 1. The second-order valence-corrected chi connectivity index (χ2v) is 3.88. The van der Waals surface area contributed by atoms with Crippen molar-refractivity contribution in [2.24, 2.45) is 0 Å². The van der Waals surface area contributed by atoms with Gasteiger partial charge in [0.15, 0.2) is 5.78 Å². The Balaban J connectivity index is 2.27. The second-order valence-electron chi connectivity index (χ2n) is 3.88. The van der Waals surface area contributed by atoms with Gasteiger partial charge in [-0.25, -0.2) is 9.18 Å². The summed E-state index contributed by atoms with van der Waals surface area (Å²) in [7, 11) is 0. The van der Waals surface area contributed by atoms with Gasteiger partial charge in [0.1, 0.15) is 5.82 Å². The molecule has 1 aromatic carbocycles. The van der Waals surface area contributed by atoms with Gasteiger partial charge < -0.3 is 0 Å². The van der Waals surface area contributed by atoms with Crippen LogP contribution in [-0.4, -0.2) is 15.3 Å². The molecule has 1 heterocycles. The SMILES string of the molecule is Cc1ccn(CC(=O)c2ccccc2F)c(=O)n1. The van der Waals surface area contributed by atoms with Crippen molar-refractivity contribution in [2.75, 3.05) is 0 Å². The van der Waals surface area contributed by atoms with Crippen LogP contribution in [0.1, 0.15) is 16.1 Å². The van der Waals surface area contributed by atoms with E-state index in [0.717, 1.165) is 4.57 Å². The fourth-order valence-corrected chi connectivity index (χ4v) is 1.56.